The second kappa shape index (κ2) is 41.5. The van der Waals surface area contributed by atoms with Gasteiger partial charge in [0.1, 0.15) is 34.3 Å². The number of nitrogens with one attached hydrogen (secondary N) is 12. The van der Waals surface area contributed by atoms with Gasteiger partial charge in [-0.25, -0.2) is 19.9 Å². The van der Waals surface area contributed by atoms with Gasteiger partial charge >= 0.3 is 0 Å². The Morgan fingerprint density at radius 2 is 0.792 bits per heavy atom. The largest absolute Gasteiger partial charge is 0.390 e. The van der Waals surface area contributed by atoms with Gasteiger partial charge in [-0.3, -0.25) is 48.1 Å². The minimum atomic E-state index is -0.422. The first kappa shape index (κ1) is 84.4. The molecule has 0 bridgehead atoms. The van der Waals surface area contributed by atoms with Gasteiger partial charge in [0.2, 0.25) is 17.8 Å². The van der Waals surface area contributed by atoms with Crippen LogP contribution in [0.4, 0.5) is 57.5 Å². The number of hydrogen-bond acceptors (Lipinski definition) is 22. The van der Waals surface area contributed by atoms with E-state index in [1.807, 2.05) is 66.7 Å². The lowest BCUT2D eigenvalue weighted by atomic mass is 10.1. The third-order valence-corrected chi connectivity index (χ3v) is 19.8. The minimum absolute atomic E-state index is 0.111. The molecule has 0 saturated carbocycles. The molecular weight excluding hydrogens is 1520 g/mol. The Balaban J connectivity index is 0.000000147. The summed E-state index contributed by atoms with van der Waals surface area (Å²) < 4.78 is 0. The summed E-state index contributed by atoms with van der Waals surface area (Å²) in [5.41, 5.74) is 10.3. The molecule has 0 unspecified atom stereocenters. The van der Waals surface area contributed by atoms with Gasteiger partial charge in [0.05, 0.1) is 35.1 Å². The lowest BCUT2D eigenvalue weighted by Gasteiger charge is -2.28. The monoisotopic (exact) mass is 1620 g/mol. The van der Waals surface area contributed by atoms with Crippen LogP contribution in [0.25, 0.3) is 51.1 Å². The van der Waals surface area contributed by atoms with Crippen LogP contribution in [0.2, 0.25) is 0 Å². The molecule has 15 rings (SSSR count). The molecule has 3 fully saturated rings. The van der Waals surface area contributed by atoms with Gasteiger partial charge in [-0.05, 0) is 197 Å². The second-order valence-electron chi connectivity index (χ2n) is 28.0. The van der Waals surface area contributed by atoms with Crippen molar-refractivity contribution in [1.29, 1.82) is 0 Å². The smallest absolute Gasteiger partial charge is 0.271 e. The molecule has 0 spiro atoms. The van der Waals surface area contributed by atoms with E-state index in [0.717, 1.165) is 61.9 Å². The van der Waals surface area contributed by atoms with E-state index < -0.39 is 22.6 Å². The van der Waals surface area contributed by atoms with Crippen LogP contribution in [0.3, 0.4) is 0 Å². The van der Waals surface area contributed by atoms with Gasteiger partial charge in [-0.1, -0.05) is 42.5 Å². The number of nitrogens with zero attached hydrogens (tertiary/aromatic N) is 9. The molecule has 13 N–H and O–H groups in total. The topological polar surface area (TPSA) is 420 Å². The Morgan fingerprint density at radius 1 is 0.392 bits per heavy atom. The van der Waals surface area contributed by atoms with Gasteiger partial charge in [-0.2, -0.15) is 4.98 Å². The Labute approximate surface area is 690 Å². The van der Waals surface area contributed by atoms with Crippen LogP contribution in [0.5, 0.6) is 0 Å². The lowest BCUT2D eigenvalue weighted by molar-refractivity contribution is -0.111. The van der Waals surface area contributed by atoms with Crippen molar-refractivity contribution in [1.82, 2.24) is 55.2 Å². The van der Waals surface area contributed by atoms with Crippen molar-refractivity contribution in [2.24, 2.45) is 0 Å². The number of benzene rings is 4. The lowest BCUT2D eigenvalue weighted by Crippen LogP contribution is -2.29. The summed E-state index contributed by atoms with van der Waals surface area (Å²) in [4.78, 5) is 154. The van der Waals surface area contributed by atoms with Crippen LogP contribution in [-0.4, -0.2) is 152 Å². The summed E-state index contributed by atoms with van der Waals surface area (Å²) >= 11 is 0. The molecule has 8 aromatic heterocycles. The number of aliphatic hydroxyl groups excluding tert-OH is 1. The number of aromatic nitrogens is 10. The third-order valence-electron chi connectivity index (χ3n) is 19.8. The second-order valence-corrected chi connectivity index (χ2v) is 28.0. The van der Waals surface area contributed by atoms with E-state index in [4.69, 9.17) is 0 Å². The molecule has 12 aromatic rings. The van der Waals surface area contributed by atoms with E-state index in [9.17, 15) is 48.3 Å². The van der Waals surface area contributed by atoms with Gasteiger partial charge in [0, 0.05) is 167 Å². The fourth-order valence-corrected chi connectivity index (χ4v) is 13.4. The van der Waals surface area contributed by atoms with Crippen molar-refractivity contribution in [3.05, 3.63) is 288 Å². The number of amides is 5. The van der Waals surface area contributed by atoms with E-state index in [0.29, 0.717) is 85.1 Å². The summed E-state index contributed by atoms with van der Waals surface area (Å²) in [6, 6.07) is 51.9. The maximum absolute atomic E-state index is 12.8. The van der Waals surface area contributed by atoms with Crippen molar-refractivity contribution < 1.29 is 29.1 Å². The molecule has 31 heteroatoms. The average molecular weight is 1620 g/mol. The van der Waals surface area contributed by atoms with E-state index in [2.05, 4.69) is 107 Å². The number of rotatable bonds is 21. The van der Waals surface area contributed by atoms with Crippen molar-refractivity contribution in [3.8, 4) is 45.0 Å². The molecule has 11 heterocycles. The molecule has 0 atom stereocenters. The van der Waals surface area contributed by atoms with E-state index in [1.54, 1.807) is 155 Å². The van der Waals surface area contributed by atoms with Crippen LogP contribution < -0.4 is 79.5 Å². The quantitative estimate of drug-likeness (QED) is 0.0297. The van der Waals surface area contributed by atoms with Crippen LogP contribution >= 0.6 is 0 Å². The highest BCUT2D eigenvalue weighted by Gasteiger charge is 2.20. The van der Waals surface area contributed by atoms with E-state index in [-0.39, 0.29) is 64.2 Å². The number of anilines is 10. The highest BCUT2D eigenvalue weighted by molar-refractivity contribution is 6.06. The molecule has 0 aliphatic carbocycles. The zero-order valence-electron chi connectivity index (χ0n) is 66.7. The molecule has 120 heavy (non-hydrogen) atoms. The zero-order chi connectivity index (χ0) is 84.3. The standard InChI is InChI=1S/C24H25N5O3.C23H27N7O2.C23H24N4O3.C19H17N5O2/c1-25-23(31)20-7-5-6-19(27-20)17-14-21(24(32)26-15-17)28-22(30)16-8-10-18(11-9-16)29-12-3-2-4-13-29;1-24-20-13-18(28-23(25-2)29-20)16-12-19(22(32)26-14-16)27-21(31)15-6-8-17(9-7-15)30-10-4-3-5-11-30;28-15-18-5-4-6-20(25-18)17-13-21(23(30)24-14-17)26-22(29)16-7-9-19(10-8-16)27-11-2-1-3-12-27;1-20-19-21-10-9-15(24-19)14-11-16(18(26)22-12-14)23-17(25)8-7-13-5-3-2-4-6-13/h5-11,14-15H,2-4,12-13H2,1H3,(H,25,31)(H,26,32)(H,28,30);6-9,12-14H,3-5,10-11H2,1-2H3,(H,26,32)(H,27,31)(H2,24,25,28,29);4-10,13-14,28H,1-3,11-12,15H2,(H,24,30)(H,26,29);2-12H,1H3,(H,22,26)(H,23,25)(H,20,21,24)/b;;;8-7+. The maximum atomic E-state index is 12.8. The number of pyridine rings is 6. The molecule has 3 aliphatic rings. The summed E-state index contributed by atoms with van der Waals surface area (Å²) in [6.45, 7) is 6.06. The van der Waals surface area contributed by atoms with Crippen LogP contribution in [-0.2, 0) is 11.4 Å². The highest BCUT2D eigenvalue weighted by Crippen LogP contribution is 2.28. The Bertz CT molecular complexity index is 5820. The zero-order valence-corrected chi connectivity index (χ0v) is 66.7. The molecule has 4 aromatic carbocycles. The van der Waals surface area contributed by atoms with Gasteiger partial charge in [-0.15, -0.1) is 0 Å². The first-order chi connectivity index (χ1) is 58.4. The number of aromatic amines is 4. The summed E-state index contributed by atoms with van der Waals surface area (Å²) in [7, 11) is 6.74. The van der Waals surface area contributed by atoms with Crippen molar-refractivity contribution in [2.75, 3.05) is 119 Å². The fourth-order valence-electron chi connectivity index (χ4n) is 13.4. The van der Waals surface area contributed by atoms with Gasteiger partial charge in [0.15, 0.2) is 0 Å². The number of carbonyl (C=O) groups excluding carboxylic acids is 5. The Kier molecular flexibility index (Phi) is 29.2. The number of aliphatic hydroxyl groups is 1. The molecule has 0 radical (unpaired) electrons. The van der Waals surface area contributed by atoms with Crippen LogP contribution in [0.15, 0.2) is 232 Å². The summed E-state index contributed by atoms with van der Waals surface area (Å²) in [5.74, 6) is -0.225. The van der Waals surface area contributed by atoms with Gasteiger partial charge < -0.3 is 82.3 Å². The molecule has 3 aliphatic heterocycles. The molecule has 614 valence electrons. The van der Waals surface area contributed by atoms with Gasteiger partial charge in [0.25, 0.3) is 45.9 Å². The number of carbonyl (C=O) groups is 5. The van der Waals surface area contributed by atoms with Crippen LogP contribution in [0, 0.1) is 0 Å². The first-order valence-electron chi connectivity index (χ1n) is 39.4. The average Bonchev–Trinajstić information content (AvgIpc) is 0.908. The Hall–Kier alpha value is -15.0. The molecular formula is C89H93N21O10. The molecule has 5 amide bonds. The first-order valence-corrected chi connectivity index (χ1v) is 39.4. The van der Waals surface area contributed by atoms with Crippen molar-refractivity contribution >= 4 is 93.1 Å². The number of piperidine rings is 3. The highest BCUT2D eigenvalue weighted by atomic mass is 16.3. The molecule has 31 nitrogen and oxygen atoms in total. The maximum Gasteiger partial charge on any atom is 0.271 e. The third kappa shape index (κ3) is 23.0. The summed E-state index contributed by atoms with van der Waals surface area (Å²) in [6.07, 6.45) is 21.7. The van der Waals surface area contributed by atoms with Crippen LogP contribution in [0.1, 0.15) is 111 Å². The predicted molar refractivity (Wildman–Crippen MR) is 470 cm³/mol. The number of H-pyrrole nitrogens is 4. The van der Waals surface area contributed by atoms with Crippen molar-refractivity contribution in [2.45, 2.75) is 64.4 Å². The van der Waals surface area contributed by atoms with Crippen molar-refractivity contribution in [3.63, 3.8) is 0 Å². The SMILES string of the molecule is CNC(=O)c1cccc(-c2c[nH]c(=O)c(NC(=O)c3ccc(N4CCCCC4)cc3)c2)n1.CNc1cc(-c2c[nH]c(=O)c(NC(=O)c3ccc(N4CCCCC4)cc3)c2)nc(NC)n1.CNc1nccc(-c2c[nH]c(=O)c(NC(=O)/C=C/c3ccccc3)c2)n1.O=C(Nc1cc(-c2cccc(CO)n2)c[nH]c1=O)c1ccc(N2CCCCC2)cc1. The predicted octanol–water partition coefficient (Wildman–Crippen LogP) is 11.9. The van der Waals surface area contributed by atoms with E-state index >= 15 is 0 Å². The minimum Gasteiger partial charge on any atom is -0.390 e. The molecule has 3 saturated heterocycles. The number of hydrogen-bond donors (Lipinski definition) is 13. The summed E-state index contributed by atoms with van der Waals surface area (Å²) in [5, 5.41) is 31.2. The Morgan fingerprint density at radius 3 is 1.21 bits per heavy atom. The fraction of sp³-hybridized carbons (Fsp3) is 0.225. The normalized spacial score (nSPS) is 13.0. The van der Waals surface area contributed by atoms with E-state index in [1.165, 1.54) is 83.3 Å².